The van der Waals surface area contributed by atoms with E-state index in [0.29, 0.717) is 30.3 Å². The van der Waals surface area contributed by atoms with Gasteiger partial charge in [-0.2, -0.15) is 8.42 Å². The summed E-state index contributed by atoms with van der Waals surface area (Å²) in [5, 5.41) is 10.8. The van der Waals surface area contributed by atoms with E-state index in [1.807, 2.05) is 0 Å². The van der Waals surface area contributed by atoms with Gasteiger partial charge in [0, 0.05) is 18.2 Å². The van der Waals surface area contributed by atoms with E-state index < -0.39 is 48.8 Å². The molecule has 2 aromatic rings. The molecule has 0 bridgehead atoms. The van der Waals surface area contributed by atoms with Crippen LogP contribution in [-0.2, 0) is 10.1 Å². The summed E-state index contributed by atoms with van der Waals surface area (Å²) in [5.74, 6) is -4.26. The van der Waals surface area contributed by atoms with E-state index in [2.05, 4.69) is 4.18 Å². The van der Waals surface area contributed by atoms with Gasteiger partial charge in [-0.1, -0.05) is 0 Å². The molecule has 0 atom stereocenters. The van der Waals surface area contributed by atoms with Crippen LogP contribution in [0.2, 0.25) is 0 Å². The Morgan fingerprint density at radius 3 is 2.09 bits per heavy atom. The van der Waals surface area contributed by atoms with Gasteiger partial charge in [-0.15, -0.1) is 0 Å². The molecule has 0 heterocycles. The standard InChI is InChI=1S/C12H6F3NO5S/c13-7-1-2-11(16(17)18)12(6-7)21-22(19,20)10-4-8(14)3-9(15)5-10/h1-6H. The number of hydrogen-bond donors (Lipinski definition) is 0. The van der Waals surface area contributed by atoms with Crippen molar-refractivity contribution in [1.82, 2.24) is 0 Å². The third-order valence-corrected chi connectivity index (χ3v) is 3.65. The van der Waals surface area contributed by atoms with Gasteiger partial charge in [0.05, 0.1) is 4.92 Å². The van der Waals surface area contributed by atoms with E-state index in [1.54, 1.807) is 0 Å². The van der Waals surface area contributed by atoms with Gasteiger partial charge in [0.1, 0.15) is 22.3 Å². The monoisotopic (exact) mass is 333 g/mol. The number of hydrogen-bond acceptors (Lipinski definition) is 5. The molecule has 0 radical (unpaired) electrons. The summed E-state index contributed by atoms with van der Waals surface area (Å²) in [6.07, 6.45) is 0. The van der Waals surface area contributed by atoms with Crippen LogP contribution in [0.5, 0.6) is 5.75 Å². The molecule has 0 aliphatic rings. The minimum atomic E-state index is -4.78. The van der Waals surface area contributed by atoms with E-state index in [1.165, 1.54) is 0 Å². The van der Waals surface area contributed by atoms with Crippen molar-refractivity contribution in [3.63, 3.8) is 0 Å². The smallest absolute Gasteiger partial charge is 0.339 e. The Labute approximate surface area is 122 Å². The van der Waals surface area contributed by atoms with Crippen LogP contribution in [0.3, 0.4) is 0 Å². The fourth-order valence-corrected chi connectivity index (χ4v) is 2.52. The molecule has 0 amide bonds. The van der Waals surface area contributed by atoms with E-state index in [9.17, 15) is 31.7 Å². The van der Waals surface area contributed by atoms with Crippen molar-refractivity contribution < 1.29 is 30.7 Å². The van der Waals surface area contributed by atoms with Gasteiger partial charge in [-0.25, -0.2) is 13.2 Å². The molecular weight excluding hydrogens is 327 g/mol. The molecule has 0 spiro atoms. The first-order chi connectivity index (χ1) is 10.2. The number of benzene rings is 2. The van der Waals surface area contributed by atoms with Crippen molar-refractivity contribution >= 4 is 15.8 Å². The van der Waals surface area contributed by atoms with E-state index in [0.717, 1.165) is 6.07 Å². The highest BCUT2D eigenvalue weighted by Gasteiger charge is 2.25. The van der Waals surface area contributed by atoms with Gasteiger partial charge in [0.25, 0.3) is 0 Å². The summed E-state index contributed by atoms with van der Waals surface area (Å²) in [6.45, 7) is 0. The SMILES string of the molecule is O=[N+]([O-])c1ccc(F)cc1OS(=O)(=O)c1cc(F)cc(F)c1. The Balaban J connectivity index is 2.49. The molecular formula is C12H6F3NO5S. The summed E-state index contributed by atoms with van der Waals surface area (Å²) >= 11 is 0. The summed E-state index contributed by atoms with van der Waals surface area (Å²) in [6, 6.07) is 3.27. The van der Waals surface area contributed by atoms with E-state index >= 15 is 0 Å². The maximum absolute atomic E-state index is 13.1. The molecule has 0 saturated carbocycles. The molecule has 22 heavy (non-hydrogen) atoms. The molecule has 0 N–H and O–H groups in total. The van der Waals surface area contributed by atoms with Crippen molar-refractivity contribution in [1.29, 1.82) is 0 Å². The number of nitrogens with zero attached hydrogens (tertiary/aromatic N) is 1. The predicted octanol–water partition coefficient (Wildman–Crippen LogP) is 2.78. The molecule has 2 rings (SSSR count). The molecule has 116 valence electrons. The lowest BCUT2D eigenvalue weighted by Crippen LogP contribution is -2.11. The quantitative estimate of drug-likeness (QED) is 0.488. The second-order valence-electron chi connectivity index (χ2n) is 4.01. The second kappa shape index (κ2) is 5.64. The van der Waals surface area contributed by atoms with Crippen LogP contribution in [-0.4, -0.2) is 13.3 Å². The molecule has 0 aliphatic heterocycles. The maximum atomic E-state index is 13.1. The minimum Gasteiger partial charge on any atom is -0.371 e. The van der Waals surface area contributed by atoms with E-state index in [-0.39, 0.29) is 0 Å². The molecule has 0 fully saturated rings. The van der Waals surface area contributed by atoms with Crippen molar-refractivity contribution in [3.8, 4) is 5.75 Å². The summed E-state index contributed by atoms with van der Waals surface area (Å²) in [7, 11) is -4.78. The lowest BCUT2D eigenvalue weighted by Gasteiger charge is -2.08. The number of rotatable bonds is 4. The molecule has 2 aromatic carbocycles. The minimum absolute atomic E-state index is 0.434. The fraction of sp³-hybridized carbons (Fsp3) is 0. The zero-order valence-electron chi connectivity index (χ0n) is 10.5. The van der Waals surface area contributed by atoms with Gasteiger partial charge in [-0.05, 0) is 18.2 Å². The third-order valence-electron chi connectivity index (χ3n) is 2.44. The lowest BCUT2D eigenvalue weighted by atomic mass is 10.3. The van der Waals surface area contributed by atoms with Crippen LogP contribution in [0.4, 0.5) is 18.9 Å². The Bertz CT molecular complexity index is 834. The largest absolute Gasteiger partial charge is 0.371 e. The summed E-state index contributed by atoms with van der Waals surface area (Å²) < 4.78 is 67.4. The first-order valence-corrected chi connectivity index (χ1v) is 6.94. The van der Waals surface area contributed by atoms with Gasteiger partial charge in [-0.3, -0.25) is 10.1 Å². The Morgan fingerprint density at radius 2 is 1.55 bits per heavy atom. The summed E-state index contributed by atoms with van der Waals surface area (Å²) in [5.41, 5.74) is -0.818. The van der Waals surface area contributed by atoms with Crippen LogP contribution in [0.1, 0.15) is 0 Å². The van der Waals surface area contributed by atoms with Gasteiger partial charge >= 0.3 is 15.8 Å². The van der Waals surface area contributed by atoms with Crippen molar-refractivity contribution in [3.05, 3.63) is 64.0 Å². The fourth-order valence-electron chi connectivity index (χ4n) is 1.54. The first kappa shape index (κ1) is 15.8. The Kier molecular flexibility index (Phi) is 4.04. The average molecular weight is 333 g/mol. The van der Waals surface area contributed by atoms with Crippen molar-refractivity contribution in [2.75, 3.05) is 0 Å². The van der Waals surface area contributed by atoms with Gasteiger partial charge in [0.2, 0.25) is 5.75 Å². The Hall–Kier alpha value is -2.62. The third kappa shape index (κ3) is 3.34. The van der Waals surface area contributed by atoms with Crippen molar-refractivity contribution in [2.24, 2.45) is 0 Å². The highest BCUT2D eigenvalue weighted by molar-refractivity contribution is 7.87. The molecule has 0 aliphatic carbocycles. The lowest BCUT2D eigenvalue weighted by molar-refractivity contribution is -0.385. The molecule has 0 aromatic heterocycles. The Morgan fingerprint density at radius 1 is 0.955 bits per heavy atom. The topological polar surface area (TPSA) is 86.5 Å². The maximum Gasteiger partial charge on any atom is 0.339 e. The van der Waals surface area contributed by atoms with Crippen LogP contribution >= 0.6 is 0 Å². The number of halogens is 3. The number of nitro benzene ring substituents is 1. The van der Waals surface area contributed by atoms with Gasteiger partial charge < -0.3 is 4.18 Å². The zero-order valence-corrected chi connectivity index (χ0v) is 11.3. The summed E-state index contributed by atoms with van der Waals surface area (Å²) in [4.78, 5) is 8.86. The van der Waals surface area contributed by atoms with Crippen LogP contribution in [0, 0.1) is 27.6 Å². The normalized spacial score (nSPS) is 11.2. The molecule has 6 nitrogen and oxygen atoms in total. The van der Waals surface area contributed by atoms with Crippen molar-refractivity contribution in [2.45, 2.75) is 4.90 Å². The van der Waals surface area contributed by atoms with Crippen LogP contribution < -0.4 is 4.18 Å². The highest BCUT2D eigenvalue weighted by atomic mass is 32.2. The number of nitro groups is 1. The highest BCUT2D eigenvalue weighted by Crippen LogP contribution is 2.30. The average Bonchev–Trinajstić information content (AvgIpc) is 2.36. The first-order valence-electron chi connectivity index (χ1n) is 5.53. The molecule has 0 unspecified atom stereocenters. The second-order valence-corrected chi connectivity index (χ2v) is 5.56. The zero-order chi connectivity index (χ0) is 16.5. The van der Waals surface area contributed by atoms with Gasteiger partial charge in [0.15, 0.2) is 0 Å². The predicted molar refractivity (Wildman–Crippen MR) is 67.2 cm³/mol. The molecule has 0 saturated heterocycles. The van der Waals surface area contributed by atoms with E-state index in [4.69, 9.17) is 0 Å². The van der Waals surface area contributed by atoms with Crippen LogP contribution in [0.25, 0.3) is 0 Å². The molecule has 10 heteroatoms. The van der Waals surface area contributed by atoms with Crippen LogP contribution in [0.15, 0.2) is 41.3 Å².